The Labute approximate surface area is 94.9 Å². The third-order valence-corrected chi connectivity index (χ3v) is 3.23. The zero-order chi connectivity index (χ0) is 10.8. The van der Waals surface area contributed by atoms with Gasteiger partial charge in [-0.1, -0.05) is 0 Å². The summed E-state index contributed by atoms with van der Waals surface area (Å²) in [4.78, 5) is 11.2. The molecule has 1 aliphatic heterocycles. The molecule has 4 nitrogen and oxygen atoms in total. The van der Waals surface area contributed by atoms with Gasteiger partial charge in [0.1, 0.15) is 5.52 Å². The fourth-order valence-corrected chi connectivity index (χ4v) is 2.32. The van der Waals surface area contributed by atoms with Crippen LogP contribution in [-0.4, -0.2) is 39.1 Å². The van der Waals surface area contributed by atoms with Crippen molar-refractivity contribution in [2.24, 2.45) is 0 Å². The number of pyridine rings is 1. The van der Waals surface area contributed by atoms with Crippen LogP contribution in [0.4, 0.5) is 0 Å². The summed E-state index contributed by atoms with van der Waals surface area (Å²) in [5, 5.41) is 0. The van der Waals surface area contributed by atoms with E-state index in [1.165, 1.54) is 25.9 Å². The maximum Gasteiger partial charge on any atom is 0.159 e. The van der Waals surface area contributed by atoms with Crippen molar-refractivity contribution in [3.05, 3.63) is 24.7 Å². The monoisotopic (exact) mass is 216 g/mol. The van der Waals surface area contributed by atoms with E-state index in [4.69, 9.17) is 0 Å². The second kappa shape index (κ2) is 4.22. The van der Waals surface area contributed by atoms with Crippen LogP contribution in [0.3, 0.4) is 0 Å². The Kier molecular flexibility index (Phi) is 2.58. The molecule has 0 amide bonds. The summed E-state index contributed by atoms with van der Waals surface area (Å²) in [6.45, 7) is 4.61. The van der Waals surface area contributed by atoms with Crippen molar-refractivity contribution in [2.75, 3.05) is 19.6 Å². The van der Waals surface area contributed by atoms with E-state index in [1.807, 2.05) is 24.7 Å². The van der Waals surface area contributed by atoms with Gasteiger partial charge in [0.2, 0.25) is 0 Å². The lowest BCUT2D eigenvalue weighted by Crippen LogP contribution is -2.23. The summed E-state index contributed by atoms with van der Waals surface area (Å²) in [6, 6.07) is 3.94. The molecule has 0 atom stereocenters. The number of nitrogens with zero attached hydrogens (tertiary/aromatic N) is 4. The quantitative estimate of drug-likeness (QED) is 0.780. The molecule has 3 heterocycles. The van der Waals surface area contributed by atoms with Crippen molar-refractivity contribution in [2.45, 2.75) is 19.4 Å². The van der Waals surface area contributed by atoms with Crippen LogP contribution in [0.1, 0.15) is 12.8 Å². The smallest absolute Gasteiger partial charge is 0.159 e. The van der Waals surface area contributed by atoms with E-state index in [-0.39, 0.29) is 0 Å². The lowest BCUT2D eigenvalue weighted by atomic mass is 10.4. The minimum Gasteiger partial charge on any atom is -0.314 e. The predicted molar refractivity (Wildman–Crippen MR) is 63.2 cm³/mol. The van der Waals surface area contributed by atoms with Gasteiger partial charge < -0.3 is 9.47 Å². The SMILES string of the molecule is c1cnc2c(c1)ncn2CCN1CCCC1. The number of hydrogen-bond donors (Lipinski definition) is 0. The molecular formula is C12H16N4. The van der Waals surface area contributed by atoms with Gasteiger partial charge in [0.05, 0.1) is 6.33 Å². The maximum absolute atomic E-state index is 4.37. The van der Waals surface area contributed by atoms with E-state index in [0.717, 1.165) is 24.3 Å². The Balaban J connectivity index is 1.73. The largest absolute Gasteiger partial charge is 0.314 e. The summed E-state index contributed by atoms with van der Waals surface area (Å²) in [6.07, 6.45) is 6.43. The van der Waals surface area contributed by atoms with Gasteiger partial charge in [-0.15, -0.1) is 0 Å². The van der Waals surface area contributed by atoms with Crippen LogP contribution in [0.25, 0.3) is 11.2 Å². The van der Waals surface area contributed by atoms with Gasteiger partial charge >= 0.3 is 0 Å². The lowest BCUT2D eigenvalue weighted by Gasteiger charge is -2.14. The number of rotatable bonds is 3. The molecule has 1 aliphatic rings. The first-order valence-corrected chi connectivity index (χ1v) is 5.92. The van der Waals surface area contributed by atoms with Crippen LogP contribution < -0.4 is 0 Å². The molecule has 0 unspecified atom stereocenters. The molecular weight excluding hydrogens is 200 g/mol. The molecule has 3 rings (SSSR count). The van der Waals surface area contributed by atoms with Gasteiger partial charge in [-0.05, 0) is 38.1 Å². The van der Waals surface area contributed by atoms with Crippen molar-refractivity contribution >= 4 is 11.2 Å². The van der Waals surface area contributed by atoms with E-state index in [9.17, 15) is 0 Å². The average Bonchev–Trinajstić information content (AvgIpc) is 2.96. The first kappa shape index (κ1) is 9.78. The van der Waals surface area contributed by atoms with E-state index in [1.54, 1.807) is 0 Å². The van der Waals surface area contributed by atoms with E-state index >= 15 is 0 Å². The Bertz CT molecular complexity index is 471. The highest BCUT2D eigenvalue weighted by Crippen LogP contribution is 2.10. The van der Waals surface area contributed by atoms with Crippen molar-refractivity contribution < 1.29 is 0 Å². The minimum absolute atomic E-state index is 0.990. The van der Waals surface area contributed by atoms with Gasteiger partial charge in [0, 0.05) is 19.3 Å². The molecule has 0 bridgehead atoms. The number of hydrogen-bond acceptors (Lipinski definition) is 3. The molecule has 0 aliphatic carbocycles. The fraction of sp³-hybridized carbons (Fsp3) is 0.500. The molecule has 0 spiro atoms. The molecule has 0 N–H and O–H groups in total. The van der Waals surface area contributed by atoms with Crippen LogP contribution in [0, 0.1) is 0 Å². The van der Waals surface area contributed by atoms with Crippen LogP contribution in [-0.2, 0) is 6.54 Å². The second-order valence-electron chi connectivity index (χ2n) is 4.33. The Morgan fingerprint density at radius 1 is 1.12 bits per heavy atom. The zero-order valence-corrected chi connectivity index (χ0v) is 9.34. The topological polar surface area (TPSA) is 34.0 Å². The van der Waals surface area contributed by atoms with Gasteiger partial charge in [-0.2, -0.15) is 0 Å². The number of imidazole rings is 1. The fourth-order valence-electron chi connectivity index (χ4n) is 2.32. The van der Waals surface area contributed by atoms with Crippen LogP contribution in [0.15, 0.2) is 24.7 Å². The molecule has 84 valence electrons. The van der Waals surface area contributed by atoms with Gasteiger partial charge in [0.25, 0.3) is 0 Å². The number of likely N-dealkylation sites (tertiary alicyclic amines) is 1. The summed E-state index contributed by atoms with van der Waals surface area (Å²) in [7, 11) is 0. The second-order valence-corrected chi connectivity index (χ2v) is 4.33. The van der Waals surface area contributed by atoms with Crippen LogP contribution in [0.2, 0.25) is 0 Å². The number of fused-ring (bicyclic) bond motifs is 1. The molecule has 0 radical (unpaired) electrons. The van der Waals surface area contributed by atoms with Crippen LogP contribution in [0.5, 0.6) is 0 Å². The standard InChI is InChI=1S/C12H16N4/c1-2-7-15(6-1)8-9-16-10-14-11-4-3-5-13-12(11)16/h3-5,10H,1-2,6-9H2. The van der Waals surface area contributed by atoms with E-state index in [2.05, 4.69) is 19.4 Å². The van der Waals surface area contributed by atoms with Gasteiger partial charge in [0.15, 0.2) is 5.65 Å². The highest BCUT2D eigenvalue weighted by molar-refractivity contribution is 5.69. The minimum atomic E-state index is 0.990. The molecule has 2 aromatic heterocycles. The van der Waals surface area contributed by atoms with Crippen molar-refractivity contribution in [3.63, 3.8) is 0 Å². The van der Waals surface area contributed by atoms with E-state index in [0.29, 0.717) is 0 Å². The Morgan fingerprint density at radius 3 is 2.88 bits per heavy atom. The summed E-state index contributed by atoms with van der Waals surface area (Å²) in [5.74, 6) is 0. The van der Waals surface area contributed by atoms with Crippen molar-refractivity contribution in [1.82, 2.24) is 19.4 Å². The maximum atomic E-state index is 4.37. The first-order chi connectivity index (χ1) is 7.93. The van der Waals surface area contributed by atoms with Crippen molar-refractivity contribution in [3.8, 4) is 0 Å². The summed E-state index contributed by atoms with van der Waals surface area (Å²) >= 11 is 0. The van der Waals surface area contributed by atoms with Gasteiger partial charge in [-0.3, -0.25) is 0 Å². The average molecular weight is 216 g/mol. The Morgan fingerprint density at radius 2 is 2.00 bits per heavy atom. The molecule has 16 heavy (non-hydrogen) atoms. The van der Waals surface area contributed by atoms with E-state index < -0.39 is 0 Å². The molecule has 4 heteroatoms. The van der Waals surface area contributed by atoms with Crippen LogP contribution >= 0.6 is 0 Å². The first-order valence-electron chi connectivity index (χ1n) is 5.92. The third-order valence-electron chi connectivity index (χ3n) is 3.23. The molecule has 1 fully saturated rings. The normalized spacial score (nSPS) is 17.2. The molecule has 2 aromatic rings. The lowest BCUT2D eigenvalue weighted by molar-refractivity contribution is 0.324. The summed E-state index contributed by atoms with van der Waals surface area (Å²) < 4.78 is 2.15. The third kappa shape index (κ3) is 1.80. The molecule has 0 saturated carbocycles. The highest BCUT2D eigenvalue weighted by Gasteiger charge is 2.11. The Hall–Kier alpha value is -1.42. The summed E-state index contributed by atoms with van der Waals surface area (Å²) in [5.41, 5.74) is 1.99. The highest BCUT2D eigenvalue weighted by atomic mass is 15.2. The van der Waals surface area contributed by atoms with Gasteiger partial charge in [-0.25, -0.2) is 9.97 Å². The van der Waals surface area contributed by atoms with Crippen molar-refractivity contribution in [1.29, 1.82) is 0 Å². The predicted octanol–water partition coefficient (Wildman–Crippen LogP) is 1.53. The molecule has 0 aromatic carbocycles. The number of aromatic nitrogens is 3. The zero-order valence-electron chi connectivity index (χ0n) is 9.34. The molecule has 1 saturated heterocycles.